The van der Waals surface area contributed by atoms with E-state index in [1.54, 1.807) is 0 Å². The first-order chi connectivity index (χ1) is 33.8. The number of hydrogen-bond acceptors (Lipinski definition) is 1. The summed E-state index contributed by atoms with van der Waals surface area (Å²) < 4.78 is 2.40. The number of anilines is 3. The van der Waals surface area contributed by atoms with Crippen LogP contribution in [0.1, 0.15) is 0 Å². The van der Waals surface area contributed by atoms with Crippen LogP contribution in [0, 0.1) is 0 Å². The van der Waals surface area contributed by atoms with Gasteiger partial charge in [-0.15, -0.1) is 0 Å². The molecule has 0 spiro atoms. The van der Waals surface area contributed by atoms with E-state index in [1.807, 2.05) is 0 Å². The highest BCUT2D eigenvalue weighted by atomic mass is 15.1. The highest BCUT2D eigenvalue weighted by molar-refractivity contribution is 6.16. The van der Waals surface area contributed by atoms with E-state index in [2.05, 4.69) is 289 Å². The maximum absolute atomic E-state index is 2.46. The standard InChI is InChI=1S/C66H46N2/c1-5-21-47(22-6-1)51-27-17-28-52(45-51)48-41-43-55(44-42-48)67(63-39-19-36-58(50-25-9-3-10-26-50)65(63)60-34-14-13-33-57(60)49-23-7-2-8-24-49)56-32-18-29-53(46-56)59-37-20-40-64-66(59)61-35-15-16-38-62(61)68(64)54-30-11-4-12-31-54/h1-46H. The van der Waals surface area contributed by atoms with Crippen LogP contribution in [-0.2, 0) is 0 Å². The minimum absolute atomic E-state index is 1.06. The van der Waals surface area contributed by atoms with Crippen LogP contribution in [0.4, 0.5) is 17.1 Å². The molecule has 0 N–H and O–H groups in total. The first-order valence-corrected chi connectivity index (χ1v) is 23.3. The molecule has 12 rings (SSSR count). The van der Waals surface area contributed by atoms with Crippen LogP contribution >= 0.6 is 0 Å². The first kappa shape index (κ1) is 40.5. The van der Waals surface area contributed by atoms with Gasteiger partial charge in [-0.1, -0.05) is 218 Å². The van der Waals surface area contributed by atoms with Crippen LogP contribution < -0.4 is 4.90 Å². The molecule has 0 fully saturated rings. The molecular formula is C66H46N2. The fraction of sp³-hybridized carbons (Fsp3) is 0. The van der Waals surface area contributed by atoms with Crippen molar-refractivity contribution in [2.75, 3.05) is 4.90 Å². The summed E-state index contributed by atoms with van der Waals surface area (Å²) in [7, 11) is 0. The van der Waals surface area contributed by atoms with Crippen molar-refractivity contribution < 1.29 is 0 Å². The van der Waals surface area contributed by atoms with E-state index in [4.69, 9.17) is 0 Å². The van der Waals surface area contributed by atoms with Crippen LogP contribution in [0.15, 0.2) is 279 Å². The van der Waals surface area contributed by atoms with Crippen LogP contribution in [-0.4, -0.2) is 4.57 Å². The van der Waals surface area contributed by atoms with E-state index in [0.29, 0.717) is 0 Å². The summed E-state index contributed by atoms with van der Waals surface area (Å²) in [5.41, 5.74) is 20.8. The van der Waals surface area contributed by atoms with Crippen molar-refractivity contribution >= 4 is 38.9 Å². The van der Waals surface area contributed by atoms with Gasteiger partial charge in [-0.3, -0.25) is 0 Å². The molecule has 2 heteroatoms. The van der Waals surface area contributed by atoms with Crippen LogP contribution in [0.2, 0.25) is 0 Å². The van der Waals surface area contributed by atoms with Crippen molar-refractivity contribution in [1.29, 1.82) is 0 Å². The highest BCUT2D eigenvalue weighted by Crippen LogP contribution is 2.49. The Morgan fingerprint density at radius 1 is 0.265 bits per heavy atom. The third-order valence-electron chi connectivity index (χ3n) is 13.2. The molecule has 0 saturated carbocycles. The zero-order valence-electron chi connectivity index (χ0n) is 37.5. The van der Waals surface area contributed by atoms with Crippen molar-refractivity contribution in [2.24, 2.45) is 0 Å². The third kappa shape index (κ3) is 7.45. The van der Waals surface area contributed by atoms with Gasteiger partial charge in [0.25, 0.3) is 0 Å². The topological polar surface area (TPSA) is 8.17 Å². The molecule has 11 aromatic carbocycles. The van der Waals surface area contributed by atoms with Gasteiger partial charge in [-0.05, 0) is 122 Å². The van der Waals surface area contributed by atoms with Crippen LogP contribution in [0.25, 0.3) is 94.3 Å². The summed E-state index contributed by atoms with van der Waals surface area (Å²) in [5, 5.41) is 2.47. The Balaban J connectivity index is 1.08. The van der Waals surface area contributed by atoms with E-state index in [0.717, 1.165) is 45.0 Å². The normalized spacial score (nSPS) is 11.2. The summed E-state index contributed by atoms with van der Waals surface area (Å²) in [5.74, 6) is 0. The summed E-state index contributed by atoms with van der Waals surface area (Å²) in [6.45, 7) is 0. The number of hydrogen-bond donors (Lipinski definition) is 0. The average Bonchev–Trinajstić information content (AvgIpc) is 3.77. The first-order valence-electron chi connectivity index (χ1n) is 23.3. The van der Waals surface area contributed by atoms with Gasteiger partial charge in [0.15, 0.2) is 0 Å². The Morgan fingerprint density at radius 3 is 1.47 bits per heavy atom. The lowest BCUT2D eigenvalue weighted by atomic mass is 9.87. The monoisotopic (exact) mass is 866 g/mol. The van der Waals surface area contributed by atoms with E-state index >= 15 is 0 Å². The number of benzene rings is 11. The highest BCUT2D eigenvalue weighted by Gasteiger charge is 2.24. The van der Waals surface area contributed by atoms with E-state index < -0.39 is 0 Å². The average molecular weight is 867 g/mol. The molecule has 68 heavy (non-hydrogen) atoms. The van der Waals surface area contributed by atoms with Crippen molar-refractivity contribution in [3.63, 3.8) is 0 Å². The molecule has 0 bridgehead atoms. The largest absolute Gasteiger partial charge is 0.310 e. The number of fused-ring (bicyclic) bond motifs is 3. The lowest BCUT2D eigenvalue weighted by Gasteiger charge is -2.30. The Bertz CT molecular complexity index is 3710. The molecule has 1 aromatic heterocycles. The fourth-order valence-corrected chi connectivity index (χ4v) is 10.1. The molecule has 0 saturated heterocycles. The van der Waals surface area contributed by atoms with Crippen LogP contribution in [0.5, 0.6) is 0 Å². The summed E-state index contributed by atoms with van der Waals surface area (Å²) in [4.78, 5) is 2.46. The summed E-state index contributed by atoms with van der Waals surface area (Å²) in [6.07, 6.45) is 0. The quantitative estimate of drug-likeness (QED) is 0.133. The predicted molar refractivity (Wildman–Crippen MR) is 288 cm³/mol. The molecule has 0 radical (unpaired) electrons. The summed E-state index contributed by atoms with van der Waals surface area (Å²) in [6, 6.07) is 101. The Hall–Kier alpha value is -8.98. The zero-order valence-corrected chi connectivity index (χ0v) is 37.5. The molecule has 0 aliphatic carbocycles. The lowest BCUT2D eigenvalue weighted by Crippen LogP contribution is -2.12. The minimum atomic E-state index is 1.06. The minimum Gasteiger partial charge on any atom is -0.310 e. The maximum Gasteiger partial charge on any atom is 0.0547 e. The van der Waals surface area contributed by atoms with Gasteiger partial charge in [0.05, 0.1) is 16.7 Å². The van der Waals surface area contributed by atoms with E-state index in [-0.39, 0.29) is 0 Å². The van der Waals surface area contributed by atoms with Crippen molar-refractivity contribution in [3.05, 3.63) is 279 Å². The molecular weight excluding hydrogens is 821 g/mol. The van der Waals surface area contributed by atoms with Gasteiger partial charge in [0.2, 0.25) is 0 Å². The summed E-state index contributed by atoms with van der Waals surface area (Å²) >= 11 is 0. The lowest BCUT2D eigenvalue weighted by molar-refractivity contribution is 1.18. The van der Waals surface area contributed by atoms with Crippen molar-refractivity contribution in [1.82, 2.24) is 4.57 Å². The number of para-hydroxylation sites is 2. The molecule has 0 atom stereocenters. The van der Waals surface area contributed by atoms with Crippen molar-refractivity contribution in [3.8, 4) is 72.4 Å². The molecule has 320 valence electrons. The smallest absolute Gasteiger partial charge is 0.0547 e. The Labute approximate surface area is 397 Å². The predicted octanol–water partition coefficient (Wildman–Crippen LogP) is 18.3. The van der Waals surface area contributed by atoms with Gasteiger partial charge >= 0.3 is 0 Å². The van der Waals surface area contributed by atoms with Gasteiger partial charge in [-0.2, -0.15) is 0 Å². The maximum atomic E-state index is 2.46. The SMILES string of the molecule is c1ccc(-c2cccc(-c3ccc(N(c4cccc(-c5cccc6c5c5ccccc5n6-c5ccccc5)c4)c4cccc(-c5ccccc5)c4-c4ccccc4-c4ccccc4)cc3)c2)cc1. The van der Waals surface area contributed by atoms with Gasteiger partial charge in [-0.25, -0.2) is 0 Å². The Kier molecular flexibility index (Phi) is 10.6. The van der Waals surface area contributed by atoms with Gasteiger partial charge in [0.1, 0.15) is 0 Å². The second-order valence-corrected chi connectivity index (χ2v) is 17.2. The molecule has 0 amide bonds. The van der Waals surface area contributed by atoms with Crippen LogP contribution in [0.3, 0.4) is 0 Å². The number of nitrogens with zero attached hydrogens (tertiary/aromatic N) is 2. The molecule has 0 aliphatic rings. The molecule has 1 heterocycles. The second kappa shape index (κ2) is 17.8. The van der Waals surface area contributed by atoms with Gasteiger partial charge in [0, 0.05) is 33.4 Å². The molecule has 0 aliphatic heterocycles. The third-order valence-corrected chi connectivity index (χ3v) is 13.2. The number of aromatic nitrogens is 1. The molecule has 2 nitrogen and oxygen atoms in total. The number of rotatable bonds is 10. The second-order valence-electron chi connectivity index (χ2n) is 17.2. The fourth-order valence-electron chi connectivity index (χ4n) is 10.1. The Morgan fingerprint density at radius 2 is 0.750 bits per heavy atom. The molecule has 12 aromatic rings. The van der Waals surface area contributed by atoms with Gasteiger partial charge < -0.3 is 9.47 Å². The van der Waals surface area contributed by atoms with Crippen molar-refractivity contribution in [2.45, 2.75) is 0 Å². The van der Waals surface area contributed by atoms with E-state index in [1.165, 1.54) is 66.3 Å². The molecule has 0 unspecified atom stereocenters. The zero-order chi connectivity index (χ0) is 45.2. The van der Waals surface area contributed by atoms with E-state index in [9.17, 15) is 0 Å².